The minimum atomic E-state index is 0.0841. The van der Waals surface area contributed by atoms with Crippen molar-refractivity contribution in [1.29, 1.82) is 5.26 Å². The fourth-order valence-corrected chi connectivity index (χ4v) is 5.08. The van der Waals surface area contributed by atoms with Gasteiger partial charge in [-0.3, -0.25) is 4.79 Å². The van der Waals surface area contributed by atoms with Crippen LogP contribution in [-0.4, -0.2) is 43.1 Å². The van der Waals surface area contributed by atoms with Crippen LogP contribution in [0.25, 0.3) is 0 Å². The number of para-hydroxylation sites is 1. The van der Waals surface area contributed by atoms with E-state index in [2.05, 4.69) is 51.2 Å². The zero-order valence-corrected chi connectivity index (χ0v) is 18.1. The predicted octanol–water partition coefficient (Wildman–Crippen LogP) is 3.96. The Morgan fingerprint density at radius 2 is 1.81 bits per heavy atom. The van der Waals surface area contributed by atoms with Gasteiger partial charge in [0.2, 0.25) is 5.91 Å². The second-order valence-electron chi connectivity index (χ2n) is 9.13. The van der Waals surface area contributed by atoms with Gasteiger partial charge in [0, 0.05) is 31.4 Å². The van der Waals surface area contributed by atoms with E-state index in [-0.39, 0.29) is 11.9 Å². The van der Waals surface area contributed by atoms with Crippen molar-refractivity contribution in [2.24, 2.45) is 5.92 Å². The Morgan fingerprint density at radius 1 is 1.06 bits per heavy atom. The number of hydrogen-bond acceptors (Lipinski definition) is 5. The Bertz CT molecular complexity index is 989. The molecule has 0 spiro atoms. The van der Waals surface area contributed by atoms with Gasteiger partial charge in [0.25, 0.3) is 0 Å². The number of hydrogen-bond donors (Lipinski definition) is 0. The maximum Gasteiger partial charge on any atom is 0.246 e. The highest BCUT2D eigenvalue weighted by molar-refractivity contribution is 6.02. The molecule has 31 heavy (non-hydrogen) atoms. The molecule has 2 fully saturated rings. The zero-order chi connectivity index (χ0) is 21.4. The summed E-state index contributed by atoms with van der Waals surface area (Å²) in [7, 11) is 1.79. The normalized spacial score (nSPS) is 23.3. The van der Waals surface area contributed by atoms with Gasteiger partial charge in [-0.15, -0.1) is 0 Å². The maximum absolute atomic E-state index is 12.6. The first kappa shape index (κ1) is 19.9. The van der Waals surface area contributed by atoms with Crippen LogP contribution in [0.1, 0.15) is 44.2 Å². The highest BCUT2D eigenvalue weighted by atomic mass is 16.2. The minimum Gasteiger partial charge on any atom is -0.368 e. The summed E-state index contributed by atoms with van der Waals surface area (Å²) < 4.78 is 0. The van der Waals surface area contributed by atoms with Crippen LogP contribution in [0.2, 0.25) is 0 Å². The van der Waals surface area contributed by atoms with Crippen molar-refractivity contribution in [1.82, 2.24) is 4.98 Å². The summed E-state index contributed by atoms with van der Waals surface area (Å²) in [6.07, 6.45) is 7.00. The number of carbonyl (C=O) groups excluding carboxylic acids is 1. The molecule has 0 radical (unpaired) electrons. The van der Waals surface area contributed by atoms with Gasteiger partial charge < -0.3 is 14.7 Å². The lowest BCUT2D eigenvalue weighted by Crippen LogP contribution is -2.51. The van der Waals surface area contributed by atoms with Crippen molar-refractivity contribution in [3.8, 4) is 6.07 Å². The van der Waals surface area contributed by atoms with E-state index in [0.717, 1.165) is 49.7 Å². The van der Waals surface area contributed by atoms with E-state index in [0.29, 0.717) is 18.3 Å². The number of pyridine rings is 1. The van der Waals surface area contributed by atoms with Crippen LogP contribution in [-0.2, 0) is 4.79 Å². The van der Waals surface area contributed by atoms with Gasteiger partial charge in [-0.2, -0.15) is 5.26 Å². The molecule has 2 aliphatic carbocycles. The monoisotopic (exact) mass is 415 g/mol. The average Bonchev–Trinajstić information content (AvgIpc) is 3.64. The third-order valence-corrected chi connectivity index (χ3v) is 7.07. The Kier molecular flexibility index (Phi) is 5.27. The number of fused-ring (bicyclic) bond motifs is 1. The zero-order valence-electron chi connectivity index (χ0n) is 18.1. The predicted molar refractivity (Wildman–Crippen MR) is 122 cm³/mol. The van der Waals surface area contributed by atoms with Gasteiger partial charge in [0.05, 0.1) is 12.2 Å². The third-order valence-electron chi connectivity index (χ3n) is 7.07. The maximum atomic E-state index is 12.6. The molecule has 3 aliphatic rings. The number of likely N-dealkylation sites (N-methyl/N-ethyl adjacent to an activating group) is 1. The first-order chi connectivity index (χ1) is 15.1. The molecule has 0 saturated heterocycles. The molecular formula is C25H29N5O. The summed E-state index contributed by atoms with van der Waals surface area (Å²) >= 11 is 0. The Balaban J connectivity index is 1.34. The average molecular weight is 416 g/mol. The standard InChI is InChI=1S/C25H29N5O/c1-28-23-14-9-19(15-26)27-25(23)30(17-24(28)31)22-12-10-21(11-13-22)29(16-18-7-8-18)20-5-3-2-4-6-20/h2-6,9,14,18,21-22H,7-8,10-13,16-17H2,1H3/t21-,22-. The van der Waals surface area contributed by atoms with Crippen LogP contribution in [0.15, 0.2) is 42.5 Å². The summed E-state index contributed by atoms with van der Waals surface area (Å²) in [6, 6.07) is 17.3. The fraction of sp³-hybridized carbons (Fsp3) is 0.480. The van der Waals surface area contributed by atoms with Crippen molar-refractivity contribution < 1.29 is 4.79 Å². The molecule has 1 aromatic heterocycles. The van der Waals surface area contributed by atoms with E-state index >= 15 is 0 Å². The van der Waals surface area contributed by atoms with Crippen molar-refractivity contribution in [2.45, 2.75) is 50.6 Å². The molecule has 2 heterocycles. The van der Waals surface area contributed by atoms with E-state index < -0.39 is 0 Å². The molecule has 6 heteroatoms. The first-order valence-electron chi connectivity index (χ1n) is 11.4. The van der Waals surface area contributed by atoms with Crippen LogP contribution in [0, 0.1) is 17.2 Å². The smallest absolute Gasteiger partial charge is 0.246 e. The topological polar surface area (TPSA) is 63.5 Å². The number of benzene rings is 1. The molecule has 0 N–H and O–H groups in total. The molecule has 1 aliphatic heterocycles. The van der Waals surface area contributed by atoms with E-state index in [9.17, 15) is 10.1 Å². The van der Waals surface area contributed by atoms with Gasteiger partial charge >= 0.3 is 0 Å². The molecule has 1 amide bonds. The van der Waals surface area contributed by atoms with Gasteiger partial charge in [0.1, 0.15) is 11.8 Å². The molecular weight excluding hydrogens is 386 g/mol. The number of aromatic nitrogens is 1. The summed E-state index contributed by atoms with van der Waals surface area (Å²) in [5.74, 6) is 1.71. The van der Waals surface area contributed by atoms with Gasteiger partial charge in [-0.25, -0.2) is 4.98 Å². The number of amides is 1. The number of anilines is 3. The van der Waals surface area contributed by atoms with E-state index in [4.69, 9.17) is 0 Å². The van der Waals surface area contributed by atoms with Crippen LogP contribution >= 0.6 is 0 Å². The molecule has 160 valence electrons. The number of rotatable bonds is 5. The largest absolute Gasteiger partial charge is 0.368 e. The Labute approximate surface area is 184 Å². The van der Waals surface area contributed by atoms with Crippen molar-refractivity contribution in [3.05, 3.63) is 48.2 Å². The lowest BCUT2D eigenvalue weighted by atomic mass is 9.88. The van der Waals surface area contributed by atoms with Crippen LogP contribution in [0.4, 0.5) is 17.2 Å². The first-order valence-corrected chi connectivity index (χ1v) is 11.4. The molecule has 0 atom stereocenters. The number of nitrogens with zero attached hydrogens (tertiary/aromatic N) is 5. The molecule has 5 rings (SSSR count). The molecule has 6 nitrogen and oxygen atoms in total. The van der Waals surface area contributed by atoms with Gasteiger partial charge in [-0.1, -0.05) is 18.2 Å². The highest BCUT2D eigenvalue weighted by Crippen LogP contribution is 2.39. The number of nitriles is 1. The van der Waals surface area contributed by atoms with Crippen molar-refractivity contribution in [3.63, 3.8) is 0 Å². The van der Waals surface area contributed by atoms with Gasteiger partial charge in [0.15, 0.2) is 5.82 Å². The van der Waals surface area contributed by atoms with Crippen molar-refractivity contribution in [2.75, 3.05) is 34.8 Å². The van der Waals surface area contributed by atoms with E-state index in [1.54, 1.807) is 18.0 Å². The Hall–Kier alpha value is -3.07. The quantitative estimate of drug-likeness (QED) is 0.740. The van der Waals surface area contributed by atoms with Crippen LogP contribution in [0.5, 0.6) is 0 Å². The summed E-state index contributed by atoms with van der Waals surface area (Å²) in [4.78, 5) is 23.7. The van der Waals surface area contributed by atoms with E-state index in [1.165, 1.54) is 18.5 Å². The van der Waals surface area contributed by atoms with Gasteiger partial charge in [-0.05, 0) is 68.7 Å². The fourth-order valence-electron chi connectivity index (χ4n) is 5.08. The summed E-state index contributed by atoms with van der Waals surface area (Å²) in [5.41, 5.74) is 2.54. The summed E-state index contributed by atoms with van der Waals surface area (Å²) in [5, 5.41) is 9.32. The van der Waals surface area contributed by atoms with Crippen LogP contribution in [0.3, 0.4) is 0 Å². The second-order valence-corrected chi connectivity index (χ2v) is 9.13. The Morgan fingerprint density at radius 3 is 2.48 bits per heavy atom. The molecule has 1 aromatic carbocycles. The SMILES string of the molecule is CN1C(=O)CN([C@H]2CC[C@H](N(CC3CC3)c3ccccc3)CC2)c2nc(C#N)ccc21. The highest BCUT2D eigenvalue weighted by Gasteiger charge is 2.37. The molecule has 2 saturated carbocycles. The third kappa shape index (κ3) is 3.97. The second kappa shape index (κ2) is 8.22. The van der Waals surface area contributed by atoms with E-state index in [1.807, 2.05) is 6.07 Å². The van der Waals surface area contributed by atoms with Crippen LogP contribution < -0.4 is 14.7 Å². The minimum absolute atomic E-state index is 0.0841. The molecule has 2 aromatic rings. The number of carbonyl (C=O) groups is 1. The molecule has 0 bridgehead atoms. The summed E-state index contributed by atoms with van der Waals surface area (Å²) in [6.45, 7) is 1.49. The lowest BCUT2D eigenvalue weighted by Gasteiger charge is -2.44. The molecule has 0 unspecified atom stereocenters. The lowest BCUT2D eigenvalue weighted by molar-refractivity contribution is -0.117. The van der Waals surface area contributed by atoms with Crippen molar-refractivity contribution >= 4 is 23.1 Å².